The van der Waals surface area contributed by atoms with Crippen molar-refractivity contribution in [3.8, 4) is 0 Å². The second kappa shape index (κ2) is 5.73. The molecular formula is C17H22N8. The fourth-order valence-corrected chi connectivity index (χ4v) is 3.60. The van der Waals surface area contributed by atoms with Crippen LogP contribution < -0.4 is 16.4 Å². The van der Waals surface area contributed by atoms with Crippen molar-refractivity contribution in [2.75, 3.05) is 24.1 Å². The van der Waals surface area contributed by atoms with Crippen LogP contribution in [-0.4, -0.2) is 37.6 Å². The predicted octanol–water partition coefficient (Wildman–Crippen LogP) is 2.21. The molecule has 1 aliphatic heterocycles. The van der Waals surface area contributed by atoms with Crippen LogP contribution in [0.5, 0.6) is 0 Å². The summed E-state index contributed by atoms with van der Waals surface area (Å²) in [5.41, 5.74) is 8.14. The van der Waals surface area contributed by atoms with Crippen molar-refractivity contribution in [2.24, 2.45) is 0 Å². The smallest absolute Gasteiger partial charge is 0.164 e. The Labute approximate surface area is 145 Å². The Balaban J connectivity index is 1.54. The highest BCUT2D eigenvalue weighted by atomic mass is 15.4. The number of hydrogen-bond acceptors (Lipinski definition) is 6. The Hall–Kier alpha value is -2.61. The fraction of sp³-hybridized carbons (Fsp3) is 0.471. The third-order valence-corrected chi connectivity index (χ3v) is 5.05. The van der Waals surface area contributed by atoms with E-state index in [1.807, 2.05) is 23.1 Å². The molecule has 0 bridgehead atoms. The molecule has 4 heterocycles. The quantitative estimate of drug-likeness (QED) is 0.675. The van der Waals surface area contributed by atoms with Crippen LogP contribution in [0.2, 0.25) is 0 Å². The van der Waals surface area contributed by atoms with Gasteiger partial charge in [0.1, 0.15) is 5.82 Å². The normalized spacial score (nSPS) is 20.9. The van der Waals surface area contributed by atoms with Gasteiger partial charge in [-0.3, -0.25) is 9.36 Å². The monoisotopic (exact) mass is 338 g/mol. The van der Waals surface area contributed by atoms with E-state index in [4.69, 9.17) is 10.8 Å². The summed E-state index contributed by atoms with van der Waals surface area (Å²) in [7, 11) is 0. The maximum absolute atomic E-state index is 6.18. The van der Waals surface area contributed by atoms with Crippen molar-refractivity contribution in [1.82, 2.24) is 29.9 Å². The molecule has 2 fully saturated rings. The summed E-state index contributed by atoms with van der Waals surface area (Å²) in [5.74, 6) is 1.26. The molecule has 0 spiro atoms. The molecule has 1 unspecified atom stereocenters. The van der Waals surface area contributed by atoms with Crippen molar-refractivity contribution in [3.63, 3.8) is 0 Å². The number of nitrogens with one attached hydrogen (secondary N) is 2. The standard InChI is InChI=1S/C17H22N8/c18-16-15-14(5-7-20-16)25(13-2-1-6-19-9-13)23-17(15)22-11-8-21-24(10-11)12-3-4-12/h5,7-8,10,12-13,19H,1-4,6,9H2,(H2,18,20)(H,22,23). The van der Waals surface area contributed by atoms with E-state index in [-0.39, 0.29) is 0 Å². The first-order chi connectivity index (χ1) is 12.3. The zero-order valence-corrected chi connectivity index (χ0v) is 14.0. The van der Waals surface area contributed by atoms with Gasteiger partial charge in [0.25, 0.3) is 0 Å². The summed E-state index contributed by atoms with van der Waals surface area (Å²) in [6.45, 7) is 2.00. The molecule has 2 aliphatic rings. The minimum atomic E-state index is 0.336. The third kappa shape index (κ3) is 2.62. The van der Waals surface area contributed by atoms with E-state index < -0.39 is 0 Å². The topological polar surface area (TPSA) is 98.6 Å². The van der Waals surface area contributed by atoms with E-state index in [0.717, 1.165) is 48.3 Å². The molecule has 8 heteroatoms. The second-order valence-corrected chi connectivity index (χ2v) is 6.95. The molecule has 25 heavy (non-hydrogen) atoms. The average Bonchev–Trinajstić information content (AvgIpc) is 3.27. The largest absolute Gasteiger partial charge is 0.383 e. The number of piperidine rings is 1. The van der Waals surface area contributed by atoms with Gasteiger partial charge in [0.2, 0.25) is 0 Å². The molecule has 8 nitrogen and oxygen atoms in total. The maximum atomic E-state index is 6.18. The van der Waals surface area contributed by atoms with Gasteiger partial charge in [-0.05, 0) is 38.3 Å². The highest BCUT2D eigenvalue weighted by Crippen LogP contribution is 2.36. The van der Waals surface area contributed by atoms with E-state index in [2.05, 4.69) is 25.4 Å². The van der Waals surface area contributed by atoms with Crippen LogP contribution >= 0.6 is 0 Å². The SMILES string of the molecule is Nc1nccc2c1c(Nc1cnn(C3CC3)c1)nn2C1CCCNC1. The van der Waals surface area contributed by atoms with Crippen LogP contribution in [0.1, 0.15) is 37.8 Å². The first kappa shape index (κ1) is 14.7. The first-order valence-corrected chi connectivity index (χ1v) is 8.94. The van der Waals surface area contributed by atoms with Gasteiger partial charge >= 0.3 is 0 Å². The molecule has 1 aliphatic carbocycles. The summed E-state index contributed by atoms with van der Waals surface area (Å²) >= 11 is 0. The van der Waals surface area contributed by atoms with Gasteiger partial charge in [-0.2, -0.15) is 10.2 Å². The van der Waals surface area contributed by atoms with E-state index in [1.54, 1.807) is 6.20 Å². The van der Waals surface area contributed by atoms with Crippen LogP contribution in [0.4, 0.5) is 17.3 Å². The van der Waals surface area contributed by atoms with Gasteiger partial charge in [-0.1, -0.05) is 0 Å². The zero-order valence-electron chi connectivity index (χ0n) is 14.0. The number of nitrogens with zero attached hydrogens (tertiary/aromatic N) is 5. The Morgan fingerprint density at radius 2 is 2.16 bits per heavy atom. The number of nitrogen functional groups attached to an aromatic ring is 1. The molecule has 4 N–H and O–H groups in total. The number of nitrogens with two attached hydrogens (primary N) is 1. The highest BCUT2D eigenvalue weighted by molar-refractivity contribution is 5.99. The van der Waals surface area contributed by atoms with Gasteiger partial charge in [-0.25, -0.2) is 4.98 Å². The minimum absolute atomic E-state index is 0.336. The first-order valence-electron chi connectivity index (χ1n) is 8.94. The second-order valence-electron chi connectivity index (χ2n) is 6.95. The van der Waals surface area contributed by atoms with Gasteiger partial charge in [0.05, 0.1) is 34.9 Å². The molecule has 1 saturated carbocycles. The van der Waals surface area contributed by atoms with Crippen molar-refractivity contribution in [1.29, 1.82) is 0 Å². The van der Waals surface area contributed by atoms with Crippen LogP contribution in [0.15, 0.2) is 24.7 Å². The molecule has 0 amide bonds. The lowest BCUT2D eigenvalue weighted by Crippen LogP contribution is -2.32. The third-order valence-electron chi connectivity index (χ3n) is 5.05. The van der Waals surface area contributed by atoms with Crippen LogP contribution in [0.3, 0.4) is 0 Å². The van der Waals surface area contributed by atoms with Crippen molar-refractivity contribution < 1.29 is 0 Å². The van der Waals surface area contributed by atoms with E-state index in [1.165, 1.54) is 12.8 Å². The van der Waals surface area contributed by atoms with Gasteiger partial charge in [0, 0.05) is 18.9 Å². The number of hydrogen-bond donors (Lipinski definition) is 3. The highest BCUT2D eigenvalue weighted by Gasteiger charge is 2.25. The Bertz CT molecular complexity index is 901. The number of anilines is 3. The molecule has 1 saturated heterocycles. The summed E-state index contributed by atoms with van der Waals surface area (Å²) < 4.78 is 4.11. The van der Waals surface area contributed by atoms with Gasteiger partial charge < -0.3 is 16.4 Å². The molecule has 0 aromatic carbocycles. The number of fused-ring (bicyclic) bond motifs is 1. The van der Waals surface area contributed by atoms with Crippen molar-refractivity contribution in [2.45, 2.75) is 37.8 Å². The number of rotatable bonds is 4. The van der Waals surface area contributed by atoms with Gasteiger partial charge in [0.15, 0.2) is 5.82 Å². The van der Waals surface area contributed by atoms with Gasteiger partial charge in [-0.15, -0.1) is 0 Å². The Kier molecular flexibility index (Phi) is 3.37. The predicted molar refractivity (Wildman–Crippen MR) is 96.9 cm³/mol. The van der Waals surface area contributed by atoms with Crippen molar-refractivity contribution >= 4 is 28.2 Å². The van der Waals surface area contributed by atoms with Crippen LogP contribution in [0.25, 0.3) is 10.9 Å². The summed E-state index contributed by atoms with van der Waals surface area (Å²) in [4.78, 5) is 4.26. The summed E-state index contributed by atoms with van der Waals surface area (Å²) in [5, 5.41) is 17.0. The maximum Gasteiger partial charge on any atom is 0.164 e. The van der Waals surface area contributed by atoms with Crippen molar-refractivity contribution in [3.05, 3.63) is 24.7 Å². The summed E-state index contributed by atoms with van der Waals surface area (Å²) in [6, 6.07) is 2.89. The molecule has 130 valence electrons. The minimum Gasteiger partial charge on any atom is -0.383 e. The molecule has 3 aromatic rings. The van der Waals surface area contributed by atoms with Crippen LogP contribution in [-0.2, 0) is 0 Å². The molecular weight excluding hydrogens is 316 g/mol. The molecule has 5 rings (SSSR count). The Morgan fingerprint density at radius 3 is 2.96 bits per heavy atom. The van der Waals surface area contributed by atoms with Crippen LogP contribution in [0, 0.1) is 0 Å². The summed E-state index contributed by atoms with van der Waals surface area (Å²) in [6.07, 6.45) is 10.3. The lowest BCUT2D eigenvalue weighted by atomic mass is 10.1. The lowest BCUT2D eigenvalue weighted by molar-refractivity contribution is 0.355. The lowest BCUT2D eigenvalue weighted by Gasteiger charge is -2.23. The molecule has 3 aromatic heterocycles. The fourth-order valence-electron chi connectivity index (χ4n) is 3.60. The zero-order chi connectivity index (χ0) is 16.8. The van der Waals surface area contributed by atoms with E-state index >= 15 is 0 Å². The molecule has 0 radical (unpaired) electrons. The number of aromatic nitrogens is 5. The van der Waals surface area contributed by atoms with E-state index in [0.29, 0.717) is 17.9 Å². The van der Waals surface area contributed by atoms with E-state index in [9.17, 15) is 0 Å². The molecule has 1 atom stereocenters. The Morgan fingerprint density at radius 1 is 1.24 bits per heavy atom. The average molecular weight is 338 g/mol. The number of pyridine rings is 1.